The zero-order valence-corrected chi connectivity index (χ0v) is 15.9. The summed E-state index contributed by atoms with van der Waals surface area (Å²) < 4.78 is 0. The van der Waals surface area contributed by atoms with Gasteiger partial charge in [-0.25, -0.2) is 4.98 Å². The van der Waals surface area contributed by atoms with Crippen LogP contribution in [-0.4, -0.2) is 35.3 Å². The van der Waals surface area contributed by atoms with Gasteiger partial charge in [-0.15, -0.1) is 11.3 Å². The molecule has 1 fully saturated rings. The Morgan fingerprint density at radius 1 is 1.30 bits per heavy atom. The molecule has 3 rings (SSSR count). The van der Waals surface area contributed by atoms with Gasteiger partial charge in [-0.05, 0) is 18.9 Å². The van der Waals surface area contributed by atoms with Crippen LogP contribution in [0.2, 0.25) is 0 Å². The van der Waals surface area contributed by atoms with Crippen LogP contribution in [0, 0.1) is 0 Å². The molecule has 0 radical (unpaired) electrons. The highest BCUT2D eigenvalue weighted by Gasteiger charge is 2.24. The fraction of sp³-hybridized carbons (Fsp3) is 0.368. The molecule has 1 aromatic carbocycles. The van der Waals surface area contributed by atoms with E-state index in [1.807, 2.05) is 30.3 Å². The monoisotopic (exact) mass is 386 g/mol. The van der Waals surface area contributed by atoms with E-state index in [-0.39, 0.29) is 24.1 Å². The molecule has 0 aliphatic carbocycles. The number of hydrogen-bond donors (Lipinski definition) is 2. The lowest BCUT2D eigenvalue weighted by Gasteiger charge is -2.14. The Bertz CT molecular complexity index is 821. The molecule has 1 unspecified atom stereocenters. The van der Waals surface area contributed by atoms with E-state index in [4.69, 9.17) is 0 Å². The van der Waals surface area contributed by atoms with Crippen LogP contribution in [0.15, 0.2) is 35.7 Å². The topological polar surface area (TPSA) is 91.4 Å². The molecule has 7 nitrogen and oxygen atoms in total. The van der Waals surface area contributed by atoms with Crippen LogP contribution >= 0.6 is 11.3 Å². The summed E-state index contributed by atoms with van der Waals surface area (Å²) in [4.78, 5) is 42.1. The highest BCUT2D eigenvalue weighted by Crippen LogP contribution is 2.25. The van der Waals surface area contributed by atoms with Crippen molar-refractivity contribution < 1.29 is 14.4 Å². The molecule has 3 amide bonds. The fourth-order valence-electron chi connectivity index (χ4n) is 2.81. The second-order valence-electron chi connectivity index (χ2n) is 6.44. The Labute approximate surface area is 161 Å². The van der Waals surface area contributed by atoms with Crippen molar-refractivity contribution in [3.8, 4) is 0 Å². The standard InChI is InChI=1S/C19H22N4O3S/c1-13(18(26)20-11-14-6-3-2-4-7-14)21-16(24)10-15-12-27-19(22-15)23-9-5-8-17(23)25/h2-4,6-7,12-13H,5,8-11H2,1H3,(H,20,26)(H,21,24). The summed E-state index contributed by atoms with van der Waals surface area (Å²) in [6, 6.07) is 8.94. The first-order valence-electron chi connectivity index (χ1n) is 8.88. The normalized spacial score (nSPS) is 14.9. The van der Waals surface area contributed by atoms with Gasteiger partial charge in [-0.2, -0.15) is 0 Å². The van der Waals surface area contributed by atoms with Crippen molar-refractivity contribution in [3.05, 3.63) is 47.0 Å². The van der Waals surface area contributed by atoms with E-state index in [9.17, 15) is 14.4 Å². The molecule has 2 heterocycles. The van der Waals surface area contributed by atoms with E-state index >= 15 is 0 Å². The number of thiazole rings is 1. The molecule has 0 spiro atoms. The lowest BCUT2D eigenvalue weighted by Crippen LogP contribution is -2.45. The number of rotatable bonds is 7. The smallest absolute Gasteiger partial charge is 0.242 e. The Kier molecular flexibility index (Phi) is 6.18. The first-order chi connectivity index (χ1) is 13.0. The van der Waals surface area contributed by atoms with Gasteiger partial charge in [-0.1, -0.05) is 30.3 Å². The van der Waals surface area contributed by atoms with Crippen LogP contribution in [0.25, 0.3) is 0 Å². The minimum atomic E-state index is -0.639. The SMILES string of the molecule is CC(NC(=O)Cc1csc(N2CCCC2=O)n1)C(=O)NCc1ccccc1. The number of carbonyl (C=O) groups is 3. The highest BCUT2D eigenvalue weighted by atomic mass is 32.1. The van der Waals surface area contributed by atoms with Crippen LogP contribution in [-0.2, 0) is 27.3 Å². The van der Waals surface area contributed by atoms with Crippen LogP contribution in [0.5, 0.6) is 0 Å². The molecule has 2 N–H and O–H groups in total. The van der Waals surface area contributed by atoms with E-state index < -0.39 is 6.04 Å². The van der Waals surface area contributed by atoms with Gasteiger partial charge in [-0.3, -0.25) is 19.3 Å². The molecule has 8 heteroatoms. The van der Waals surface area contributed by atoms with Gasteiger partial charge in [0.25, 0.3) is 0 Å². The number of carbonyl (C=O) groups excluding carboxylic acids is 3. The number of benzene rings is 1. The quantitative estimate of drug-likeness (QED) is 0.757. The van der Waals surface area contributed by atoms with Crippen molar-refractivity contribution in [2.45, 2.75) is 38.8 Å². The third kappa shape index (κ3) is 5.13. The first kappa shape index (κ1) is 19.0. The Morgan fingerprint density at radius 2 is 2.07 bits per heavy atom. The van der Waals surface area contributed by atoms with E-state index in [2.05, 4.69) is 15.6 Å². The number of nitrogens with zero attached hydrogens (tertiary/aromatic N) is 2. The summed E-state index contributed by atoms with van der Waals surface area (Å²) >= 11 is 1.36. The average molecular weight is 386 g/mol. The maximum Gasteiger partial charge on any atom is 0.242 e. The Hall–Kier alpha value is -2.74. The van der Waals surface area contributed by atoms with Crippen molar-refractivity contribution >= 4 is 34.2 Å². The van der Waals surface area contributed by atoms with Gasteiger partial charge < -0.3 is 10.6 Å². The lowest BCUT2D eigenvalue weighted by molar-refractivity contribution is -0.128. The van der Waals surface area contributed by atoms with Crippen molar-refractivity contribution in [3.63, 3.8) is 0 Å². The number of hydrogen-bond acceptors (Lipinski definition) is 5. The van der Waals surface area contributed by atoms with Gasteiger partial charge >= 0.3 is 0 Å². The van der Waals surface area contributed by atoms with Gasteiger partial charge in [0.1, 0.15) is 6.04 Å². The zero-order valence-electron chi connectivity index (χ0n) is 15.1. The van der Waals surface area contributed by atoms with E-state index in [1.54, 1.807) is 17.2 Å². The maximum absolute atomic E-state index is 12.2. The van der Waals surface area contributed by atoms with Crippen molar-refractivity contribution in [2.24, 2.45) is 0 Å². The molecular formula is C19H22N4O3S. The summed E-state index contributed by atoms with van der Waals surface area (Å²) in [7, 11) is 0. The van der Waals surface area contributed by atoms with E-state index in [0.717, 1.165) is 12.0 Å². The number of nitrogens with one attached hydrogen (secondary N) is 2. The molecule has 0 bridgehead atoms. The third-order valence-corrected chi connectivity index (χ3v) is 5.18. The Morgan fingerprint density at radius 3 is 2.78 bits per heavy atom. The third-order valence-electron chi connectivity index (χ3n) is 4.27. The van der Waals surface area contributed by atoms with Gasteiger partial charge in [0.05, 0.1) is 12.1 Å². The molecule has 1 aromatic heterocycles. The summed E-state index contributed by atoms with van der Waals surface area (Å²) in [5, 5.41) is 7.90. The van der Waals surface area contributed by atoms with Crippen LogP contribution < -0.4 is 15.5 Å². The average Bonchev–Trinajstić information content (AvgIpc) is 3.29. The molecule has 1 aliphatic heterocycles. The van der Waals surface area contributed by atoms with Crippen LogP contribution in [0.4, 0.5) is 5.13 Å². The van der Waals surface area contributed by atoms with Crippen molar-refractivity contribution in [2.75, 3.05) is 11.4 Å². The summed E-state index contributed by atoms with van der Waals surface area (Å²) in [5.41, 5.74) is 1.60. The van der Waals surface area contributed by atoms with Crippen molar-refractivity contribution in [1.29, 1.82) is 0 Å². The van der Waals surface area contributed by atoms with Crippen LogP contribution in [0.3, 0.4) is 0 Å². The number of aromatic nitrogens is 1. The molecule has 1 saturated heterocycles. The number of anilines is 1. The lowest BCUT2D eigenvalue weighted by atomic mass is 10.2. The second kappa shape index (κ2) is 8.77. The molecular weight excluding hydrogens is 364 g/mol. The minimum absolute atomic E-state index is 0.0732. The highest BCUT2D eigenvalue weighted by molar-refractivity contribution is 7.14. The second-order valence-corrected chi connectivity index (χ2v) is 7.28. The molecule has 0 saturated carbocycles. The predicted octanol–water partition coefficient (Wildman–Crippen LogP) is 1.63. The van der Waals surface area contributed by atoms with Gasteiger partial charge in [0.2, 0.25) is 17.7 Å². The molecule has 142 valence electrons. The summed E-state index contributed by atoms with van der Waals surface area (Å²) in [5.74, 6) is -0.445. The van der Waals surface area contributed by atoms with Crippen LogP contribution in [0.1, 0.15) is 31.0 Å². The molecule has 1 aliphatic rings. The van der Waals surface area contributed by atoms with E-state index in [1.165, 1.54) is 11.3 Å². The maximum atomic E-state index is 12.2. The van der Waals surface area contributed by atoms with E-state index in [0.29, 0.717) is 30.3 Å². The molecule has 27 heavy (non-hydrogen) atoms. The van der Waals surface area contributed by atoms with Crippen molar-refractivity contribution in [1.82, 2.24) is 15.6 Å². The van der Waals surface area contributed by atoms with Gasteiger partial charge in [0.15, 0.2) is 5.13 Å². The zero-order chi connectivity index (χ0) is 19.2. The molecule has 2 aromatic rings. The predicted molar refractivity (Wildman–Crippen MR) is 103 cm³/mol. The fourth-order valence-corrected chi connectivity index (χ4v) is 3.68. The first-order valence-corrected chi connectivity index (χ1v) is 9.76. The summed E-state index contributed by atoms with van der Waals surface area (Å²) in [6.07, 6.45) is 1.46. The van der Waals surface area contributed by atoms with Gasteiger partial charge in [0, 0.05) is 24.9 Å². The molecule has 1 atom stereocenters. The minimum Gasteiger partial charge on any atom is -0.350 e. The summed E-state index contributed by atoms with van der Waals surface area (Å²) in [6.45, 7) is 2.74. The number of amides is 3. The largest absolute Gasteiger partial charge is 0.350 e. The Balaban J connectivity index is 1.46.